The van der Waals surface area contributed by atoms with Gasteiger partial charge in [-0.1, -0.05) is 0 Å². The second kappa shape index (κ2) is 4.78. The largest absolute Gasteiger partial charge is 0.463 e. The highest BCUT2D eigenvalue weighted by Crippen LogP contribution is 2.12. The highest BCUT2D eigenvalue weighted by Gasteiger charge is 2.34. The monoisotopic (exact) mass is 226 g/mol. The molecule has 0 N–H and O–H groups in total. The molecule has 88 valence electrons. The van der Waals surface area contributed by atoms with Crippen molar-refractivity contribution in [2.24, 2.45) is 0 Å². The van der Waals surface area contributed by atoms with Crippen LogP contribution >= 0.6 is 0 Å². The Bertz CT molecular complexity index is 370. The van der Waals surface area contributed by atoms with Gasteiger partial charge in [-0.15, -0.1) is 0 Å². The normalized spacial score (nSPS) is 10.9. The zero-order valence-electron chi connectivity index (χ0n) is 9.47. The number of hydrogen-bond donors (Lipinski definition) is 0. The first-order valence-electron chi connectivity index (χ1n) is 4.87. The molecule has 0 radical (unpaired) electrons. The molecule has 6 heteroatoms. The van der Waals surface area contributed by atoms with E-state index in [1.807, 2.05) is 0 Å². The standard InChI is InChI=1S/C10H14N2O4/c1-4-15-8(13)10(2,3)16-9(14)12-7-5-6-11-12/h5-7H,4H2,1-3H3. The maximum absolute atomic E-state index is 11.5. The number of rotatable bonds is 3. The fourth-order valence-electron chi connectivity index (χ4n) is 0.988. The van der Waals surface area contributed by atoms with Crippen molar-refractivity contribution < 1.29 is 19.1 Å². The second-order valence-electron chi connectivity index (χ2n) is 3.55. The summed E-state index contributed by atoms with van der Waals surface area (Å²) in [6.45, 7) is 4.85. The molecule has 16 heavy (non-hydrogen) atoms. The smallest absolute Gasteiger partial charge is 0.435 e. The molecule has 0 fully saturated rings. The highest BCUT2D eigenvalue weighted by molar-refractivity contribution is 5.82. The van der Waals surface area contributed by atoms with Crippen molar-refractivity contribution >= 4 is 12.1 Å². The van der Waals surface area contributed by atoms with Gasteiger partial charge in [-0.3, -0.25) is 0 Å². The average Bonchev–Trinajstić information content (AvgIpc) is 2.70. The molecule has 0 atom stereocenters. The van der Waals surface area contributed by atoms with Gasteiger partial charge >= 0.3 is 12.1 Å². The molecule has 0 aromatic carbocycles. The summed E-state index contributed by atoms with van der Waals surface area (Å²) in [4.78, 5) is 22.9. The van der Waals surface area contributed by atoms with Gasteiger partial charge < -0.3 is 9.47 Å². The molecule has 0 spiro atoms. The highest BCUT2D eigenvalue weighted by atomic mass is 16.6. The lowest BCUT2D eigenvalue weighted by Gasteiger charge is -2.22. The third-order valence-corrected chi connectivity index (χ3v) is 1.80. The minimum Gasteiger partial charge on any atom is -0.463 e. The molecule has 1 aromatic heterocycles. The van der Waals surface area contributed by atoms with Gasteiger partial charge in [0.05, 0.1) is 6.61 Å². The summed E-state index contributed by atoms with van der Waals surface area (Å²) in [6, 6.07) is 1.58. The summed E-state index contributed by atoms with van der Waals surface area (Å²) in [5, 5.41) is 3.70. The number of carbonyl (C=O) groups is 2. The maximum atomic E-state index is 11.5. The summed E-state index contributed by atoms with van der Waals surface area (Å²) in [5.74, 6) is -0.587. The van der Waals surface area contributed by atoms with Gasteiger partial charge in [-0.05, 0) is 26.8 Å². The average molecular weight is 226 g/mol. The molecule has 1 rings (SSSR count). The van der Waals surface area contributed by atoms with Gasteiger partial charge in [0.25, 0.3) is 0 Å². The topological polar surface area (TPSA) is 70.4 Å². The third-order valence-electron chi connectivity index (χ3n) is 1.80. The second-order valence-corrected chi connectivity index (χ2v) is 3.55. The number of esters is 1. The van der Waals surface area contributed by atoms with Crippen molar-refractivity contribution in [2.75, 3.05) is 6.61 Å². The van der Waals surface area contributed by atoms with Crippen molar-refractivity contribution in [3.05, 3.63) is 18.5 Å². The van der Waals surface area contributed by atoms with Crippen LogP contribution in [-0.2, 0) is 14.3 Å². The molecule has 1 aromatic rings. The fraction of sp³-hybridized carbons (Fsp3) is 0.500. The summed E-state index contributed by atoms with van der Waals surface area (Å²) < 4.78 is 10.8. The molecule has 0 saturated heterocycles. The van der Waals surface area contributed by atoms with Crippen LogP contribution in [0.5, 0.6) is 0 Å². The molecule has 0 aliphatic rings. The first-order valence-corrected chi connectivity index (χ1v) is 4.87. The molecule has 0 bridgehead atoms. The quantitative estimate of drug-likeness (QED) is 0.724. The Kier molecular flexibility index (Phi) is 3.65. The van der Waals surface area contributed by atoms with E-state index >= 15 is 0 Å². The van der Waals surface area contributed by atoms with Crippen LogP contribution in [0.1, 0.15) is 20.8 Å². The van der Waals surface area contributed by atoms with E-state index in [1.165, 1.54) is 26.2 Å². The Morgan fingerprint density at radius 2 is 2.12 bits per heavy atom. The van der Waals surface area contributed by atoms with Gasteiger partial charge in [-0.25, -0.2) is 9.59 Å². The van der Waals surface area contributed by atoms with Crippen LogP contribution in [0.4, 0.5) is 4.79 Å². The summed E-state index contributed by atoms with van der Waals surface area (Å²) in [7, 11) is 0. The summed E-state index contributed by atoms with van der Waals surface area (Å²) in [5.41, 5.74) is -1.32. The van der Waals surface area contributed by atoms with Crippen molar-refractivity contribution in [1.82, 2.24) is 9.78 Å². The zero-order chi connectivity index (χ0) is 12.2. The number of carbonyl (C=O) groups excluding carboxylic acids is 2. The summed E-state index contributed by atoms with van der Waals surface area (Å²) >= 11 is 0. The lowest BCUT2D eigenvalue weighted by atomic mass is 10.1. The molecule has 0 saturated carbocycles. The Hall–Kier alpha value is -1.85. The van der Waals surface area contributed by atoms with Crippen LogP contribution in [0, 0.1) is 0 Å². The van der Waals surface area contributed by atoms with Crippen molar-refractivity contribution in [3.63, 3.8) is 0 Å². The Morgan fingerprint density at radius 1 is 1.44 bits per heavy atom. The Labute approximate surface area is 93.1 Å². The van der Waals surface area contributed by atoms with E-state index in [2.05, 4.69) is 5.10 Å². The van der Waals surface area contributed by atoms with E-state index < -0.39 is 17.7 Å². The van der Waals surface area contributed by atoms with Crippen molar-refractivity contribution in [3.8, 4) is 0 Å². The lowest BCUT2D eigenvalue weighted by molar-refractivity contribution is -0.161. The Balaban J connectivity index is 2.66. The van der Waals surface area contributed by atoms with Crippen LogP contribution in [-0.4, -0.2) is 34.1 Å². The van der Waals surface area contributed by atoms with Gasteiger partial charge in [0.15, 0.2) is 0 Å². The lowest BCUT2D eigenvalue weighted by Crippen LogP contribution is -2.40. The van der Waals surface area contributed by atoms with Crippen LogP contribution in [0.25, 0.3) is 0 Å². The van der Waals surface area contributed by atoms with Crippen LogP contribution in [0.2, 0.25) is 0 Å². The molecule has 0 aliphatic carbocycles. The maximum Gasteiger partial charge on any atom is 0.435 e. The minimum atomic E-state index is -1.32. The fourth-order valence-corrected chi connectivity index (χ4v) is 0.988. The molecule has 6 nitrogen and oxygen atoms in total. The summed E-state index contributed by atoms with van der Waals surface area (Å²) in [6.07, 6.45) is 2.16. The van der Waals surface area contributed by atoms with Gasteiger partial charge in [0, 0.05) is 12.4 Å². The number of hydrogen-bond acceptors (Lipinski definition) is 5. The molecule has 0 unspecified atom stereocenters. The molecule has 1 heterocycles. The van der Waals surface area contributed by atoms with E-state index in [4.69, 9.17) is 9.47 Å². The van der Waals surface area contributed by atoms with E-state index in [1.54, 1.807) is 13.0 Å². The minimum absolute atomic E-state index is 0.238. The molecule has 0 aliphatic heterocycles. The predicted octanol–water partition coefficient (Wildman–Crippen LogP) is 1.21. The van der Waals surface area contributed by atoms with Crippen LogP contribution < -0.4 is 0 Å². The number of aromatic nitrogens is 2. The third kappa shape index (κ3) is 2.82. The van der Waals surface area contributed by atoms with Gasteiger partial charge in [0.1, 0.15) is 0 Å². The van der Waals surface area contributed by atoms with Gasteiger partial charge in [-0.2, -0.15) is 9.78 Å². The van der Waals surface area contributed by atoms with Crippen molar-refractivity contribution in [2.45, 2.75) is 26.4 Å². The number of nitrogens with zero attached hydrogens (tertiary/aromatic N) is 2. The van der Waals surface area contributed by atoms with E-state index in [9.17, 15) is 9.59 Å². The SMILES string of the molecule is CCOC(=O)C(C)(C)OC(=O)n1cccn1. The Morgan fingerprint density at radius 3 is 2.62 bits per heavy atom. The molecule has 0 amide bonds. The zero-order valence-corrected chi connectivity index (χ0v) is 9.47. The first kappa shape index (κ1) is 12.2. The van der Waals surface area contributed by atoms with E-state index in [0.717, 1.165) is 4.68 Å². The van der Waals surface area contributed by atoms with Gasteiger partial charge in [0.2, 0.25) is 5.60 Å². The first-order chi connectivity index (χ1) is 7.47. The van der Waals surface area contributed by atoms with Crippen LogP contribution in [0.15, 0.2) is 18.5 Å². The molecular formula is C10H14N2O4. The predicted molar refractivity (Wildman–Crippen MR) is 54.8 cm³/mol. The molecular weight excluding hydrogens is 212 g/mol. The van der Waals surface area contributed by atoms with E-state index in [0.29, 0.717) is 0 Å². The van der Waals surface area contributed by atoms with Crippen molar-refractivity contribution in [1.29, 1.82) is 0 Å². The van der Waals surface area contributed by atoms with Crippen LogP contribution in [0.3, 0.4) is 0 Å². The van der Waals surface area contributed by atoms with E-state index in [-0.39, 0.29) is 6.61 Å². The number of ether oxygens (including phenoxy) is 2.